The van der Waals surface area contributed by atoms with Gasteiger partial charge in [-0.05, 0) is 84.6 Å². The van der Waals surface area contributed by atoms with Gasteiger partial charge in [0.05, 0.1) is 5.41 Å². The molecular weight excluding hydrogens is 643 g/mol. The van der Waals surface area contributed by atoms with E-state index in [-0.39, 0.29) is 0 Å². The SMILES string of the molecule is c1ccc(-c2nc(-c3ccccc3)nc(-c3cc4ccccc4cc3-c3ccc4c(c3)C3(c5ccccc5-c5ccccc53)c3ccccc3-4)n2)cc1. The van der Waals surface area contributed by atoms with Crippen LogP contribution in [0.5, 0.6) is 0 Å². The number of rotatable bonds is 4. The molecule has 0 radical (unpaired) electrons. The second-order valence-corrected chi connectivity index (χ2v) is 13.9. The van der Waals surface area contributed by atoms with Crippen LogP contribution in [0.4, 0.5) is 0 Å². The number of hydrogen-bond donors (Lipinski definition) is 0. The van der Waals surface area contributed by atoms with Crippen LogP contribution in [0.25, 0.3) is 78.3 Å². The van der Waals surface area contributed by atoms with E-state index in [0.717, 1.165) is 33.2 Å². The van der Waals surface area contributed by atoms with Crippen LogP contribution in [0.15, 0.2) is 188 Å². The molecule has 8 aromatic carbocycles. The zero-order valence-corrected chi connectivity index (χ0v) is 28.7. The number of aromatic nitrogens is 3. The Labute approximate surface area is 308 Å². The average Bonchev–Trinajstić information content (AvgIpc) is 3.71. The maximum Gasteiger partial charge on any atom is 0.164 e. The Bertz CT molecular complexity index is 2770. The second-order valence-electron chi connectivity index (χ2n) is 13.9. The van der Waals surface area contributed by atoms with Crippen molar-refractivity contribution in [2.75, 3.05) is 0 Å². The molecule has 0 saturated heterocycles. The van der Waals surface area contributed by atoms with Gasteiger partial charge in [-0.2, -0.15) is 0 Å². The van der Waals surface area contributed by atoms with E-state index in [9.17, 15) is 0 Å². The van der Waals surface area contributed by atoms with Gasteiger partial charge in [0.1, 0.15) is 0 Å². The Balaban J connectivity index is 1.20. The fraction of sp³-hybridized carbons (Fsp3) is 0.0200. The maximum absolute atomic E-state index is 5.21. The third-order valence-electron chi connectivity index (χ3n) is 11.1. The first-order valence-corrected chi connectivity index (χ1v) is 18.1. The molecule has 246 valence electrons. The highest BCUT2D eigenvalue weighted by molar-refractivity contribution is 5.99. The van der Waals surface area contributed by atoms with Gasteiger partial charge < -0.3 is 0 Å². The number of nitrogens with zero attached hydrogens (tertiary/aromatic N) is 3. The zero-order valence-electron chi connectivity index (χ0n) is 28.7. The lowest BCUT2D eigenvalue weighted by Gasteiger charge is -2.30. The van der Waals surface area contributed by atoms with E-state index in [4.69, 9.17) is 15.0 Å². The summed E-state index contributed by atoms with van der Waals surface area (Å²) in [6.45, 7) is 0. The third kappa shape index (κ3) is 4.38. The number of hydrogen-bond acceptors (Lipinski definition) is 3. The second kappa shape index (κ2) is 11.5. The summed E-state index contributed by atoms with van der Waals surface area (Å²) in [4.78, 5) is 15.4. The molecule has 0 bridgehead atoms. The van der Waals surface area contributed by atoms with Crippen LogP contribution in [0.1, 0.15) is 22.3 Å². The van der Waals surface area contributed by atoms with Crippen molar-refractivity contribution in [1.82, 2.24) is 15.0 Å². The Morgan fingerprint density at radius 3 is 1.21 bits per heavy atom. The summed E-state index contributed by atoms with van der Waals surface area (Å²) < 4.78 is 0. The minimum Gasteiger partial charge on any atom is -0.208 e. The van der Waals surface area contributed by atoms with Gasteiger partial charge in [0.25, 0.3) is 0 Å². The molecule has 0 atom stereocenters. The van der Waals surface area contributed by atoms with Gasteiger partial charge in [0.15, 0.2) is 17.5 Å². The Morgan fingerprint density at radius 2 is 0.679 bits per heavy atom. The number of benzene rings is 8. The first kappa shape index (κ1) is 29.7. The zero-order chi connectivity index (χ0) is 34.9. The van der Waals surface area contributed by atoms with E-state index in [2.05, 4.69) is 152 Å². The molecule has 2 aliphatic rings. The van der Waals surface area contributed by atoms with Crippen molar-refractivity contribution >= 4 is 10.8 Å². The fourth-order valence-electron chi connectivity index (χ4n) is 8.86. The number of fused-ring (bicyclic) bond motifs is 11. The van der Waals surface area contributed by atoms with Crippen molar-refractivity contribution in [1.29, 1.82) is 0 Å². The van der Waals surface area contributed by atoms with Gasteiger partial charge in [-0.3, -0.25) is 0 Å². The summed E-state index contributed by atoms with van der Waals surface area (Å²) in [7, 11) is 0. The Hall–Kier alpha value is -6.97. The van der Waals surface area contributed by atoms with Crippen LogP contribution in [0, 0.1) is 0 Å². The summed E-state index contributed by atoms with van der Waals surface area (Å²) in [6, 6.07) is 67.5. The topological polar surface area (TPSA) is 38.7 Å². The van der Waals surface area contributed by atoms with Gasteiger partial charge in [-0.1, -0.05) is 170 Å². The van der Waals surface area contributed by atoms with E-state index in [1.54, 1.807) is 0 Å². The normalized spacial score (nSPS) is 13.1. The van der Waals surface area contributed by atoms with Crippen molar-refractivity contribution in [2.45, 2.75) is 5.41 Å². The van der Waals surface area contributed by atoms with Crippen molar-refractivity contribution < 1.29 is 0 Å². The molecular formula is C50H31N3. The molecule has 0 fully saturated rings. The minimum atomic E-state index is -0.430. The lowest BCUT2D eigenvalue weighted by molar-refractivity contribution is 0.794. The van der Waals surface area contributed by atoms with E-state index >= 15 is 0 Å². The molecule has 1 spiro atoms. The molecule has 3 heteroatoms. The molecule has 11 rings (SSSR count). The third-order valence-corrected chi connectivity index (χ3v) is 11.1. The summed E-state index contributed by atoms with van der Waals surface area (Å²) in [6.07, 6.45) is 0. The first-order valence-electron chi connectivity index (χ1n) is 18.1. The monoisotopic (exact) mass is 673 g/mol. The molecule has 3 nitrogen and oxygen atoms in total. The minimum absolute atomic E-state index is 0.430. The molecule has 0 amide bonds. The Morgan fingerprint density at radius 1 is 0.264 bits per heavy atom. The molecule has 0 N–H and O–H groups in total. The van der Waals surface area contributed by atoms with Gasteiger partial charge in [-0.15, -0.1) is 0 Å². The molecule has 0 saturated carbocycles. The van der Waals surface area contributed by atoms with Crippen LogP contribution in [0.2, 0.25) is 0 Å². The lowest BCUT2D eigenvalue weighted by Crippen LogP contribution is -2.25. The standard InChI is InChI=1S/C50H31N3/c1-3-15-32(16-4-1)47-51-48(33-17-5-2-6-18-33)53-49(52-47)42-30-35-20-8-7-19-34(35)29-41(42)36-27-28-40-39-23-11-14-26-45(39)50(46(40)31-36)43-24-12-9-21-37(43)38-22-10-13-25-44(38)50/h1-31H. The quantitative estimate of drug-likeness (QED) is 0.187. The lowest BCUT2D eigenvalue weighted by atomic mass is 9.70. The van der Waals surface area contributed by atoms with E-state index < -0.39 is 5.41 Å². The Kier molecular flexibility index (Phi) is 6.47. The predicted molar refractivity (Wildman–Crippen MR) is 215 cm³/mol. The van der Waals surface area contributed by atoms with E-state index in [0.29, 0.717) is 17.5 Å². The van der Waals surface area contributed by atoms with Gasteiger partial charge in [-0.25, -0.2) is 15.0 Å². The molecule has 0 aliphatic heterocycles. The summed E-state index contributed by atoms with van der Waals surface area (Å²) >= 11 is 0. The smallest absolute Gasteiger partial charge is 0.164 e. The molecule has 2 aliphatic carbocycles. The molecule has 53 heavy (non-hydrogen) atoms. The fourth-order valence-corrected chi connectivity index (χ4v) is 8.86. The van der Waals surface area contributed by atoms with Crippen LogP contribution < -0.4 is 0 Å². The van der Waals surface area contributed by atoms with Crippen LogP contribution in [0.3, 0.4) is 0 Å². The highest BCUT2D eigenvalue weighted by Crippen LogP contribution is 2.63. The van der Waals surface area contributed by atoms with Crippen molar-refractivity contribution in [3.8, 4) is 67.5 Å². The van der Waals surface area contributed by atoms with Crippen molar-refractivity contribution in [2.24, 2.45) is 0 Å². The maximum atomic E-state index is 5.21. The van der Waals surface area contributed by atoms with E-state index in [1.807, 2.05) is 36.4 Å². The summed E-state index contributed by atoms with van der Waals surface area (Å²) in [5.74, 6) is 1.95. The summed E-state index contributed by atoms with van der Waals surface area (Å²) in [5, 5.41) is 2.31. The predicted octanol–water partition coefficient (Wildman–Crippen LogP) is 12.0. The van der Waals surface area contributed by atoms with Gasteiger partial charge in [0, 0.05) is 16.7 Å². The molecule has 9 aromatic rings. The van der Waals surface area contributed by atoms with Crippen molar-refractivity contribution in [3.05, 3.63) is 210 Å². The van der Waals surface area contributed by atoms with Crippen LogP contribution in [-0.4, -0.2) is 15.0 Å². The van der Waals surface area contributed by atoms with Gasteiger partial charge >= 0.3 is 0 Å². The largest absolute Gasteiger partial charge is 0.208 e. The highest BCUT2D eigenvalue weighted by Gasteiger charge is 2.51. The van der Waals surface area contributed by atoms with Crippen molar-refractivity contribution in [3.63, 3.8) is 0 Å². The van der Waals surface area contributed by atoms with Crippen LogP contribution in [-0.2, 0) is 5.41 Å². The molecule has 1 aromatic heterocycles. The highest BCUT2D eigenvalue weighted by atomic mass is 15.0. The average molecular weight is 674 g/mol. The van der Waals surface area contributed by atoms with E-state index in [1.165, 1.54) is 49.9 Å². The molecule has 1 heterocycles. The van der Waals surface area contributed by atoms with Gasteiger partial charge in [0.2, 0.25) is 0 Å². The molecule has 0 unspecified atom stereocenters. The van der Waals surface area contributed by atoms with Crippen LogP contribution >= 0.6 is 0 Å². The summed E-state index contributed by atoms with van der Waals surface area (Å²) in [5.41, 5.74) is 15.1. The first-order chi connectivity index (χ1) is 26.3.